The molecule has 1 aliphatic rings. The van der Waals surface area contributed by atoms with Crippen LogP contribution in [0.2, 0.25) is 0 Å². The van der Waals surface area contributed by atoms with E-state index >= 15 is 0 Å². The van der Waals surface area contributed by atoms with Gasteiger partial charge in [-0.05, 0) is 52.9 Å². The SMILES string of the molecule is CC(=O)O.CC(C)NCC(C)(C)C1(O)CN(C(=O)c2ccc(F)c(F)c2Nc2ccc(I)cc2F)C1. The van der Waals surface area contributed by atoms with Gasteiger partial charge in [0.15, 0.2) is 11.6 Å². The number of aliphatic carboxylic acids is 1. The van der Waals surface area contributed by atoms with Crippen LogP contribution in [0.3, 0.4) is 0 Å². The van der Waals surface area contributed by atoms with Crippen LogP contribution >= 0.6 is 22.6 Å². The van der Waals surface area contributed by atoms with E-state index in [2.05, 4.69) is 10.6 Å². The van der Waals surface area contributed by atoms with E-state index in [1.807, 2.05) is 50.3 Å². The van der Waals surface area contributed by atoms with Crippen LogP contribution in [0.1, 0.15) is 45.0 Å². The fraction of sp³-hybridized carbons (Fsp3) is 0.440. The number of carboxylic acids is 1. The minimum absolute atomic E-state index is 0.0505. The Morgan fingerprint density at radius 1 is 1.14 bits per heavy atom. The normalized spacial score (nSPS) is 14.6. The molecule has 1 saturated heterocycles. The van der Waals surface area contributed by atoms with Crippen LogP contribution in [-0.4, -0.2) is 58.3 Å². The van der Waals surface area contributed by atoms with E-state index in [0.717, 1.165) is 19.1 Å². The van der Waals surface area contributed by atoms with Gasteiger partial charge in [-0.1, -0.05) is 27.7 Å². The maximum atomic E-state index is 14.6. The molecule has 3 rings (SSSR count). The summed E-state index contributed by atoms with van der Waals surface area (Å²) in [6.07, 6.45) is 0. The van der Waals surface area contributed by atoms with E-state index in [1.54, 1.807) is 6.07 Å². The molecule has 1 heterocycles. The second-order valence-electron chi connectivity index (χ2n) is 9.66. The van der Waals surface area contributed by atoms with Crippen LogP contribution in [0.15, 0.2) is 30.3 Å². The van der Waals surface area contributed by atoms with Crippen molar-refractivity contribution in [1.82, 2.24) is 10.2 Å². The lowest BCUT2D eigenvalue weighted by atomic mass is 9.69. The Morgan fingerprint density at radius 2 is 1.72 bits per heavy atom. The van der Waals surface area contributed by atoms with Crippen molar-refractivity contribution in [1.29, 1.82) is 0 Å². The average Bonchev–Trinajstić information content (AvgIpc) is 2.74. The summed E-state index contributed by atoms with van der Waals surface area (Å²) in [7, 11) is 0. The molecule has 0 bridgehead atoms. The molecule has 1 fully saturated rings. The van der Waals surface area contributed by atoms with E-state index < -0.39 is 46.0 Å². The second kappa shape index (κ2) is 11.8. The van der Waals surface area contributed by atoms with Crippen molar-refractivity contribution in [2.45, 2.75) is 46.3 Å². The maximum Gasteiger partial charge on any atom is 0.300 e. The van der Waals surface area contributed by atoms with Crippen molar-refractivity contribution >= 4 is 45.8 Å². The number of nitrogens with one attached hydrogen (secondary N) is 2. The molecule has 7 nitrogen and oxygen atoms in total. The molecule has 11 heteroatoms. The number of anilines is 2. The van der Waals surface area contributed by atoms with Gasteiger partial charge in [0, 0.05) is 28.5 Å². The second-order valence-corrected chi connectivity index (χ2v) is 10.9. The van der Waals surface area contributed by atoms with Gasteiger partial charge in [-0.2, -0.15) is 0 Å². The van der Waals surface area contributed by atoms with Crippen molar-refractivity contribution in [3.05, 3.63) is 56.9 Å². The number of amides is 1. The summed E-state index contributed by atoms with van der Waals surface area (Å²) in [5.74, 6) is -4.49. The molecule has 0 saturated carbocycles. The Labute approximate surface area is 222 Å². The van der Waals surface area contributed by atoms with Crippen LogP contribution < -0.4 is 10.6 Å². The molecule has 0 radical (unpaired) electrons. The highest BCUT2D eigenvalue weighted by atomic mass is 127. The number of benzene rings is 2. The number of nitrogens with zero attached hydrogens (tertiary/aromatic N) is 1. The van der Waals surface area contributed by atoms with Crippen molar-refractivity contribution in [3.8, 4) is 0 Å². The summed E-state index contributed by atoms with van der Waals surface area (Å²) in [5.41, 5.74) is -2.30. The smallest absolute Gasteiger partial charge is 0.300 e. The molecule has 1 aliphatic heterocycles. The molecule has 0 unspecified atom stereocenters. The number of likely N-dealkylation sites (tertiary alicyclic amines) is 1. The minimum atomic E-state index is -1.27. The van der Waals surface area contributed by atoms with Crippen LogP contribution in [0.5, 0.6) is 0 Å². The quantitative estimate of drug-likeness (QED) is 0.333. The van der Waals surface area contributed by atoms with Crippen molar-refractivity contribution in [3.63, 3.8) is 0 Å². The molecule has 0 aromatic heterocycles. The van der Waals surface area contributed by atoms with E-state index in [1.165, 1.54) is 17.0 Å². The zero-order valence-corrected chi connectivity index (χ0v) is 22.9. The summed E-state index contributed by atoms with van der Waals surface area (Å²) in [6.45, 7) is 9.56. The molecule has 0 aliphatic carbocycles. The van der Waals surface area contributed by atoms with Gasteiger partial charge in [0.1, 0.15) is 11.4 Å². The van der Waals surface area contributed by atoms with Crippen LogP contribution in [-0.2, 0) is 4.79 Å². The highest BCUT2D eigenvalue weighted by molar-refractivity contribution is 14.1. The average molecular weight is 621 g/mol. The van der Waals surface area contributed by atoms with Gasteiger partial charge in [-0.3, -0.25) is 9.59 Å². The Morgan fingerprint density at radius 3 is 2.25 bits per heavy atom. The molecule has 2 aromatic rings. The predicted octanol–water partition coefficient (Wildman–Crippen LogP) is 4.75. The largest absolute Gasteiger partial charge is 0.481 e. The zero-order chi connectivity index (χ0) is 27.4. The van der Waals surface area contributed by atoms with Crippen LogP contribution in [0.4, 0.5) is 24.5 Å². The monoisotopic (exact) mass is 621 g/mol. The predicted molar refractivity (Wildman–Crippen MR) is 140 cm³/mol. The van der Waals surface area contributed by atoms with Crippen LogP contribution in [0, 0.1) is 26.4 Å². The summed E-state index contributed by atoms with van der Waals surface area (Å²) in [5, 5.41) is 24.3. The van der Waals surface area contributed by atoms with E-state index in [0.29, 0.717) is 10.1 Å². The molecule has 0 atom stereocenters. The number of carbonyl (C=O) groups is 2. The Kier molecular flexibility index (Phi) is 9.77. The number of β-amino-alcohol motifs (C(OH)–C–C–N with tert-alkyl or cyclic N) is 1. The molecular weight excluding hydrogens is 590 g/mol. The number of hydrogen-bond donors (Lipinski definition) is 4. The number of aliphatic hydroxyl groups is 1. The lowest BCUT2D eigenvalue weighted by Gasteiger charge is -2.55. The van der Waals surface area contributed by atoms with Gasteiger partial charge >= 0.3 is 0 Å². The summed E-state index contributed by atoms with van der Waals surface area (Å²) < 4.78 is 43.5. The molecule has 2 aromatic carbocycles. The number of carboxylic acid groups (broad SMARTS) is 1. The standard InChI is InChI=1S/C23H27F3IN3O2.C2H4O2/c1-13(2)28-10-22(3,4)23(32)11-30(12-23)21(31)15-6-7-16(24)19(26)20(15)29-18-8-5-14(27)9-17(18)25;1-2(3)4/h5-9,13,28-29,32H,10-12H2,1-4H3;1H3,(H,3,4). The molecule has 4 N–H and O–H groups in total. The summed E-state index contributed by atoms with van der Waals surface area (Å²) >= 11 is 1.93. The van der Waals surface area contributed by atoms with E-state index in [9.17, 15) is 23.1 Å². The van der Waals surface area contributed by atoms with E-state index in [4.69, 9.17) is 9.90 Å². The van der Waals surface area contributed by atoms with Gasteiger partial charge in [-0.15, -0.1) is 0 Å². The number of rotatable bonds is 7. The van der Waals surface area contributed by atoms with E-state index in [-0.39, 0.29) is 30.4 Å². The van der Waals surface area contributed by atoms with Crippen molar-refractivity contribution < 1.29 is 33.0 Å². The number of carbonyl (C=O) groups excluding carboxylic acids is 1. The molecular formula is C25H31F3IN3O4. The van der Waals surface area contributed by atoms with Gasteiger partial charge in [-0.25, -0.2) is 13.2 Å². The third kappa shape index (κ3) is 7.10. The summed E-state index contributed by atoms with van der Waals surface area (Å²) in [6, 6.07) is 6.50. The fourth-order valence-electron chi connectivity index (χ4n) is 3.53. The third-order valence-electron chi connectivity index (χ3n) is 5.92. The van der Waals surface area contributed by atoms with Crippen molar-refractivity contribution in [2.75, 3.05) is 25.0 Å². The van der Waals surface area contributed by atoms with Gasteiger partial charge in [0.25, 0.3) is 11.9 Å². The zero-order valence-electron chi connectivity index (χ0n) is 20.8. The summed E-state index contributed by atoms with van der Waals surface area (Å²) in [4.78, 5) is 23.5. The fourth-order valence-corrected chi connectivity index (χ4v) is 3.98. The highest BCUT2D eigenvalue weighted by Gasteiger charge is 2.53. The first kappa shape index (κ1) is 29.8. The molecule has 198 valence electrons. The maximum absolute atomic E-state index is 14.6. The molecule has 36 heavy (non-hydrogen) atoms. The van der Waals surface area contributed by atoms with Crippen molar-refractivity contribution in [2.24, 2.45) is 5.41 Å². The lowest BCUT2D eigenvalue weighted by molar-refractivity contribution is -0.152. The van der Waals surface area contributed by atoms with Gasteiger partial charge in [0.05, 0.1) is 30.0 Å². The molecule has 0 spiro atoms. The first-order chi connectivity index (χ1) is 16.6. The number of hydrogen-bond acceptors (Lipinski definition) is 5. The first-order valence-electron chi connectivity index (χ1n) is 11.2. The minimum Gasteiger partial charge on any atom is -0.481 e. The lowest BCUT2D eigenvalue weighted by Crippen LogP contribution is -2.71. The third-order valence-corrected chi connectivity index (χ3v) is 6.59. The Hall–Kier alpha value is -2.38. The number of halogens is 4. The molecule has 1 amide bonds. The van der Waals surface area contributed by atoms with Gasteiger partial charge in [0.2, 0.25) is 0 Å². The Balaban J connectivity index is 0.00000106. The Bertz CT molecular complexity index is 1120. The first-order valence-corrected chi connectivity index (χ1v) is 12.3. The highest BCUT2D eigenvalue weighted by Crippen LogP contribution is 2.40. The van der Waals surface area contributed by atoms with Crippen LogP contribution in [0.25, 0.3) is 0 Å². The topological polar surface area (TPSA) is 102 Å². The van der Waals surface area contributed by atoms with Gasteiger partial charge < -0.3 is 25.7 Å².